The standard InChI is InChI=1S/C26H23Cl2N3O3S2/c1-2-3-17-34-26(20-7-5-4-6-8-20)18-31(29-24(26)19-9-11-21(27)12-10-19)25(35)30-36(32,33)23-15-13-22(28)14-16-23/h2-16H,17-18H2,1H3,(H,30,35)/b3-2+. The van der Waals surface area contributed by atoms with Gasteiger partial charge in [0.05, 0.1) is 18.0 Å². The molecule has 1 N–H and O–H groups in total. The molecule has 0 radical (unpaired) electrons. The van der Waals surface area contributed by atoms with Gasteiger partial charge in [-0.2, -0.15) is 5.10 Å². The van der Waals surface area contributed by atoms with E-state index in [2.05, 4.69) is 4.72 Å². The molecule has 0 saturated heterocycles. The summed E-state index contributed by atoms with van der Waals surface area (Å²) in [5.41, 5.74) is 1.19. The number of benzene rings is 3. The molecule has 1 aliphatic heterocycles. The van der Waals surface area contributed by atoms with Crippen molar-refractivity contribution >= 4 is 56.3 Å². The third kappa shape index (κ3) is 5.63. The lowest BCUT2D eigenvalue weighted by atomic mass is 9.85. The topological polar surface area (TPSA) is 71.0 Å². The van der Waals surface area contributed by atoms with E-state index in [0.29, 0.717) is 22.4 Å². The molecule has 0 fully saturated rings. The predicted octanol–water partition coefficient (Wildman–Crippen LogP) is 5.76. The highest BCUT2D eigenvalue weighted by Crippen LogP contribution is 2.37. The number of hydrazone groups is 1. The average Bonchev–Trinajstić information content (AvgIpc) is 3.26. The summed E-state index contributed by atoms with van der Waals surface area (Å²) < 4.78 is 34.9. The van der Waals surface area contributed by atoms with Gasteiger partial charge in [-0.25, -0.2) is 13.4 Å². The molecule has 1 aliphatic rings. The summed E-state index contributed by atoms with van der Waals surface area (Å²) in [7, 11) is -3.95. The number of sulfonamides is 1. The molecule has 1 atom stereocenters. The van der Waals surface area contributed by atoms with Crippen LogP contribution in [0.1, 0.15) is 18.1 Å². The molecule has 0 amide bonds. The van der Waals surface area contributed by atoms with Crippen LogP contribution in [0.15, 0.2) is 101 Å². The van der Waals surface area contributed by atoms with Gasteiger partial charge in [-0.05, 0) is 61.1 Å². The third-order valence-corrected chi connectivity index (χ3v) is 7.88. The first-order valence-corrected chi connectivity index (χ1v) is 13.7. The zero-order valence-corrected chi connectivity index (χ0v) is 22.4. The molecule has 1 unspecified atom stereocenters. The summed E-state index contributed by atoms with van der Waals surface area (Å²) in [6.45, 7) is 2.39. The maximum atomic E-state index is 13.0. The van der Waals surface area contributed by atoms with E-state index < -0.39 is 15.6 Å². The molecule has 0 aliphatic carbocycles. The van der Waals surface area contributed by atoms with Gasteiger partial charge in [0.15, 0.2) is 5.60 Å². The van der Waals surface area contributed by atoms with Gasteiger partial charge >= 0.3 is 0 Å². The van der Waals surface area contributed by atoms with Gasteiger partial charge in [0.25, 0.3) is 10.0 Å². The van der Waals surface area contributed by atoms with Crippen molar-refractivity contribution in [2.45, 2.75) is 17.4 Å². The average molecular weight is 561 g/mol. The Morgan fingerprint density at radius 3 is 2.28 bits per heavy atom. The van der Waals surface area contributed by atoms with Crippen molar-refractivity contribution in [1.29, 1.82) is 0 Å². The Morgan fingerprint density at radius 1 is 1.06 bits per heavy atom. The molecule has 3 aromatic carbocycles. The van der Waals surface area contributed by atoms with E-state index in [0.717, 1.165) is 11.1 Å². The van der Waals surface area contributed by atoms with Gasteiger partial charge in [0, 0.05) is 15.6 Å². The molecular formula is C26H23Cl2N3O3S2. The first-order chi connectivity index (χ1) is 17.2. The van der Waals surface area contributed by atoms with E-state index in [1.165, 1.54) is 29.3 Å². The number of nitrogens with zero attached hydrogens (tertiary/aromatic N) is 2. The Morgan fingerprint density at radius 2 is 1.67 bits per heavy atom. The van der Waals surface area contributed by atoms with Crippen molar-refractivity contribution in [3.63, 3.8) is 0 Å². The van der Waals surface area contributed by atoms with Crippen LogP contribution >= 0.6 is 35.4 Å². The molecule has 0 aromatic heterocycles. The maximum Gasteiger partial charge on any atom is 0.263 e. The lowest BCUT2D eigenvalue weighted by Gasteiger charge is -2.31. The minimum absolute atomic E-state index is 0.0361. The van der Waals surface area contributed by atoms with Crippen molar-refractivity contribution in [3.8, 4) is 0 Å². The molecule has 4 rings (SSSR count). The number of nitrogens with one attached hydrogen (secondary N) is 1. The molecule has 0 saturated carbocycles. The second-order valence-corrected chi connectivity index (χ2v) is 10.9. The highest BCUT2D eigenvalue weighted by molar-refractivity contribution is 7.91. The Kier molecular flexibility index (Phi) is 8.12. The number of ether oxygens (including phenoxy) is 1. The summed E-state index contributed by atoms with van der Waals surface area (Å²) in [5.74, 6) is 0. The van der Waals surface area contributed by atoms with Gasteiger partial charge in [-0.3, -0.25) is 4.72 Å². The van der Waals surface area contributed by atoms with E-state index >= 15 is 0 Å². The first-order valence-electron chi connectivity index (χ1n) is 11.0. The lowest BCUT2D eigenvalue weighted by Crippen LogP contribution is -2.45. The molecule has 3 aromatic rings. The highest BCUT2D eigenvalue weighted by Gasteiger charge is 2.47. The number of hydrogen-bond acceptors (Lipinski definition) is 5. The van der Waals surface area contributed by atoms with Gasteiger partial charge in [0.2, 0.25) is 5.11 Å². The van der Waals surface area contributed by atoms with Crippen molar-refractivity contribution in [2.24, 2.45) is 5.10 Å². The van der Waals surface area contributed by atoms with Crippen LogP contribution in [0.25, 0.3) is 0 Å². The lowest BCUT2D eigenvalue weighted by molar-refractivity contribution is 0.0200. The Labute approximate surface area is 226 Å². The summed E-state index contributed by atoms with van der Waals surface area (Å²) in [6.07, 6.45) is 3.80. The van der Waals surface area contributed by atoms with E-state index in [-0.39, 0.29) is 16.6 Å². The fourth-order valence-electron chi connectivity index (χ4n) is 3.80. The number of thiocarbonyl (C=S) groups is 1. The van der Waals surface area contributed by atoms with E-state index in [4.69, 9.17) is 45.3 Å². The molecule has 6 nitrogen and oxygen atoms in total. The van der Waals surface area contributed by atoms with Crippen LogP contribution in [0, 0.1) is 0 Å². The van der Waals surface area contributed by atoms with Gasteiger partial charge in [-0.1, -0.05) is 77.8 Å². The normalized spacial score (nSPS) is 17.9. The largest absolute Gasteiger partial charge is 0.358 e. The Hall–Kier alpha value is -2.75. The van der Waals surface area contributed by atoms with E-state index in [9.17, 15) is 8.42 Å². The van der Waals surface area contributed by atoms with Crippen molar-refractivity contribution in [3.05, 3.63) is 112 Å². The molecule has 36 heavy (non-hydrogen) atoms. The molecule has 0 bridgehead atoms. The predicted molar refractivity (Wildman–Crippen MR) is 148 cm³/mol. The van der Waals surface area contributed by atoms with Gasteiger partial charge in [0.1, 0.15) is 5.71 Å². The summed E-state index contributed by atoms with van der Waals surface area (Å²) in [5, 5.41) is 7.13. The number of rotatable bonds is 7. The van der Waals surface area contributed by atoms with Crippen LogP contribution in [0.4, 0.5) is 0 Å². The Bertz CT molecular complexity index is 1390. The number of halogens is 2. The zero-order chi connectivity index (χ0) is 25.8. The highest BCUT2D eigenvalue weighted by atomic mass is 35.5. The van der Waals surface area contributed by atoms with Crippen LogP contribution < -0.4 is 4.72 Å². The summed E-state index contributed by atoms with van der Waals surface area (Å²) in [6, 6.07) is 22.7. The fourth-order valence-corrected chi connectivity index (χ4v) is 5.43. The van der Waals surface area contributed by atoms with Crippen molar-refractivity contribution in [1.82, 2.24) is 9.73 Å². The minimum atomic E-state index is -3.95. The molecule has 10 heteroatoms. The van der Waals surface area contributed by atoms with E-state index in [1.807, 2.05) is 61.5 Å². The third-order valence-electron chi connectivity index (χ3n) is 5.58. The second-order valence-electron chi connectivity index (χ2n) is 7.95. The van der Waals surface area contributed by atoms with Crippen LogP contribution in [-0.4, -0.2) is 37.4 Å². The fraction of sp³-hybridized carbons (Fsp3) is 0.154. The van der Waals surface area contributed by atoms with E-state index in [1.54, 1.807) is 12.1 Å². The van der Waals surface area contributed by atoms with Crippen LogP contribution in [0.3, 0.4) is 0 Å². The number of allylic oxidation sites excluding steroid dienone is 1. The SMILES string of the molecule is C/C=C/COC1(c2ccccc2)CN(C(=S)NS(=O)(=O)c2ccc(Cl)cc2)N=C1c1ccc(Cl)cc1. The van der Waals surface area contributed by atoms with Crippen LogP contribution in [0.5, 0.6) is 0 Å². The van der Waals surface area contributed by atoms with Crippen LogP contribution in [-0.2, 0) is 20.4 Å². The summed E-state index contributed by atoms with van der Waals surface area (Å²) >= 11 is 17.5. The van der Waals surface area contributed by atoms with Gasteiger partial charge in [-0.15, -0.1) is 0 Å². The van der Waals surface area contributed by atoms with Crippen molar-refractivity contribution in [2.75, 3.05) is 13.2 Å². The molecular weight excluding hydrogens is 537 g/mol. The van der Waals surface area contributed by atoms with Crippen molar-refractivity contribution < 1.29 is 13.2 Å². The smallest absolute Gasteiger partial charge is 0.263 e. The van der Waals surface area contributed by atoms with Crippen LogP contribution in [0.2, 0.25) is 10.0 Å². The second kappa shape index (κ2) is 11.1. The minimum Gasteiger partial charge on any atom is -0.358 e. The quantitative estimate of drug-likeness (QED) is 0.294. The molecule has 1 heterocycles. The van der Waals surface area contributed by atoms with Gasteiger partial charge < -0.3 is 4.74 Å². The number of hydrogen-bond donors (Lipinski definition) is 1. The maximum absolute atomic E-state index is 13.0. The monoisotopic (exact) mass is 559 g/mol. The molecule has 186 valence electrons. The first kappa shape index (κ1) is 26.3. The molecule has 0 spiro atoms. The Balaban J connectivity index is 1.74. The zero-order valence-electron chi connectivity index (χ0n) is 19.3. The summed E-state index contributed by atoms with van der Waals surface area (Å²) in [4.78, 5) is 0.0361.